The van der Waals surface area contributed by atoms with Crippen molar-refractivity contribution in [3.05, 3.63) is 0 Å². The van der Waals surface area contributed by atoms with E-state index in [1.807, 2.05) is 13.8 Å². The van der Waals surface area contributed by atoms with Gasteiger partial charge in [-0.05, 0) is 13.3 Å². The molecule has 0 aromatic carbocycles. The van der Waals surface area contributed by atoms with E-state index >= 15 is 0 Å². The summed E-state index contributed by atoms with van der Waals surface area (Å²) in [6, 6.07) is 0. The van der Waals surface area contributed by atoms with Crippen LogP contribution in [0.5, 0.6) is 0 Å². The van der Waals surface area contributed by atoms with E-state index in [-0.39, 0.29) is 11.9 Å². The second-order valence-electron chi connectivity index (χ2n) is 3.63. The number of carbonyl (C=O) groups excluding carboxylic acids is 1. The zero-order valence-corrected chi connectivity index (χ0v) is 10.2. The maximum absolute atomic E-state index is 11.5. The molecule has 0 aromatic rings. The van der Waals surface area contributed by atoms with Crippen LogP contribution in [0, 0.1) is 5.92 Å². The number of unbranched alkanes of at least 4 members (excludes halogenated alkanes) is 1. The SMILES string of the molecule is CCCCNN=C(C(=O)OCC)C(C)C. The molecular formula is C11H22N2O2. The number of ether oxygens (including phenoxy) is 1. The van der Waals surface area contributed by atoms with Gasteiger partial charge >= 0.3 is 5.97 Å². The average molecular weight is 214 g/mol. The third kappa shape index (κ3) is 6.10. The number of hydrogen-bond donors (Lipinski definition) is 1. The Kier molecular flexibility index (Phi) is 7.68. The summed E-state index contributed by atoms with van der Waals surface area (Å²) in [5, 5.41) is 4.07. The van der Waals surface area contributed by atoms with Crippen LogP contribution in [-0.4, -0.2) is 24.8 Å². The number of esters is 1. The molecule has 0 aliphatic rings. The standard InChI is InChI=1S/C11H22N2O2/c1-5-7-8-12-13-10(9(3)4)11(14)15-6-2/h9,12H,5-8H2,1-4H3. The molecule has 0 rings (SSSR count). The van der Waals surface area contributed by atoms with Gasteiger partial charge in [-0.25, -0.2) is 4.79 Å². The predicted octanol–water partition coefficient (Wildman–Crippen LogP) is 1.95. The molecule has 0 radical (unpaired) electrons. The fourth-order valence-electron chi connectivity index (χ4n) is 1.01. The van der Waals surface area contributed by atoms with Crippen LogP contribution in [0.25, 0.3) is 0 Å². The third-order valence-corrected chi connectivity index (χ3v) is 1.87. The molecule has 88 valence electrons. The smallest absolute Gasteiger partial charge is 0.354 e. The summed E-state index contributed by atoms with van der Waals surface area (Å²) < 4.78 is 4.91. The van der Waals surface area contributed by atoms with Crippen LogP contribution in [0.2, 0.25) is 0 Å². The maximum atomic E-state index is 11.5. The van der Waals surface area contributed by atoms with E-state index in [4.69, 9.17) is 4.74 Å². The molecule has 4 nitrogen and oxygen atoms in total. The molecule has 0 bridgehead atoms. The van der Waals surface area contributed by atoms with Crippen molar-refractivity contribution in [2.75, 3.05) is 13.2 Å². The lowest BCUT2D eigenvalue weighted by molar-refractivity contribution is -0.135. The second-order valence-corrected chi connectivity index (χ2v) is 3.63. The Morgan fingerprint density at radius 2 is 2.07 bits per heavy atom. The zero-order chi connectivity index (χ0) is 11.7. The first kappa shape index (κ1) is 13.9. The predicted molar refractivity (Wildman–Crippen MR) is 61.8 cm³/mol. The highest BCUT2D eigenvalue weighted by Gasteiger charge is 2.16. The van der Waals surface area contributed by atoms with Gasteiger partial charge in [-0.3, -0.25) is 0 Å². The molecule has 0 fully saturated rings. The van der Waals surface area contributed by atoms with E-state index in [9.17, 15) is 4.79 Å². The van der Waals surface area contributed by atoms with Gasteiger partial charge in [-0.1, -0.05) is 27.2 Å². The first-order chi connectivity index (χ1) is 7.13. The minimum absolute atomic E-state index is 0.0816. The Morgan fingerprint density at radius 1 is 1.40 bits per heavy atom. The van der Waals surface area contributed by atoms with Gasteiger partial charge in [0.15, 0.2) is 0 Å². The number of nitrogens with zero attached hydrogens (tertiary/aromatic N) is 1. The van der Waals surface area contributed by atoms with Crippen molar-refractivity contribution in [1.82, 2.24) is 5.43 Å². The Morgan fingerprint density at radius 3 is 2.53 bits per heavy atom. The van der Waals surface area contributed by atoms with Crippen LogP contribution in [0.1, 0.15) is 40.5 Å². The molecule has 4 heteroatoms. The average Bonchev–Trinajstić information content (AvgIpc) is 2.17. The van der Waals surface area contributed by atoms with Crippen molar-refractivity contribution in [3.63, 3.8) is 0 Å². The topological polar surface area (TPSA) is 50.7 Å². The van der Waals surface area contributed by atoms with E-state index in [1.165, 1.54) is 0 Å². The zero-order valence-electron chi connectivity index (χ0n) is 10.2. The molecule has 0 aliphatic heterocycles. The van der Waals surface area contributed by atoms with Crippen LogP contribution in [0.3, 0.4) is 0 Å². The molecule has 1 N–H and O–H groups in total. The summed E-state index contributed by atoms with van der Waals surface area (Å²) in [6.45, 7) is 8.95. The molecule has 0 amide bonds. The summed E-state index contributed by atoms with van der Waals surface area (Å²) in [6.07, 6.45) is 2.16. The minimum atomic E-state index is -0.323. The fourth-order valence-corrected chi connectivity index (χ4v) is 1.01. The van der Waals surface area contributed by atoms with Crippen LogP contribution in [0.15, 0.2) is 5.10 Å². The highest BCUT2D eigenvalue weighted by molar-refractivity contribution is 6.37. The van der Waals surface area contributed by atoms with Gasteiger partial charge in [0.05, 0.1) is 6.61 Å². The highest BCUT2D eigenvalue weighted by Crippen LogP contribution is 1.99. The summed E-state index contributed by atoms with van der Waals surface area (Å²) in [5.41, 5.74) is 3.36. The molecule has 0 saturated carbocycles. The Hall–Kier alpha value is -1.06. The van der Waals surface area contributed by atoms with Crippen LogP contribution >= 0.6 is 0 Å². The summed E-state index contributed by atoms with van der Waals surface area (Å²) in [4.78, 5) is 11.5. The summed E-state index contributed by atoms with van der Waals surface area (Å²) in [5.74, 6) is -0.241. The molecule has 0 unspecified atom stereocenters. The van der Waals surface area contributed by atoms with Crippen molar-refractivity contribution in [2.24, 2.45) is 11.0 Å². The first-order valence-electron chi connectivity index (χ1n) is 5.61. The van der Waals surface area contributed by atoms with Crippen molar-refractivity contribution < 1.29 is 9.53 Å². The lowest BCUT2D eigenvalue weighted by atomic mass is 10.1. The van der Waals surface area contributed by atoms with Gasteiger partial charge in [-0.2, -0.15) is 5.10 Å². The van der Waals surface area contributed by atoms with Crippen LogP contribution in [-0.2, 0) is 9.53 Å². The minimum Gasteiger partial charge on any atom is -0.461 e. The molecule has 0 heterocycles. The van der Waals surface area contributed by atoms with Gasteiger partial charge in [0.1, 0.15) is 5.71 Å². The fraction of sp³-hybridized carbons (Fsp3) is 0.818. The number of nitrogens with one attached hydrogen (secondary N) is 1. The van der Waals surface area contributed by atoms with E-state index in [0.717, 1.165) is 19.4 Å². The van der Waals surface area contributed by atoms with Crippen LogP contribution in [0.4, 0.5) is 0 Å². The van der Waals surface area contributed by atoms with E-state index in [1.54, 1.807) is 6.92 Å². The van der Waals surface area contributed by atoms with Crippen molar-refractivity contribution >= 4 is 11.7 Å². The third-order valence-electron chi connectivity index (χ3n) is 1.87. The number of hydrogen-bond acceptors (Lipinski definition) is 4. The number of rotatable bonds is 7. The Bertz CT molecular complexity index is 213. The monoisotopic (exact) mass is 214 g/mol. The first-order valence-corrected chi connectivity index (χ1v) is 5.61. The summed E-state index contributed by atoms with van der Waals surface area (Å²) >= 11 is 0. The maximum Gasteiger partial charge on any atom is 0.354 e. The highest BCUT2D eigenvalue weighted by atomic mass is 16.5. The van der Waals surface area contributed by atoms with Gasteiger partial charge in [0.2, 0.25) is 0 Å². The number of carbonyl (C=O) groups is 1. The van der Waals surface area contributed by atoms with Crippen molar-refractivity contribution in [2.45, 2.75) is 40.5 Å². The molecular weight excluding hydrogens is 192 g/mol. The van der Waals surface area contributed by atoms with E-state index in [0.29, 0.717) is 12.3 Å². The van der Waals surface area contributed by atoms with Crippen LogP contribution < -0.4 is 5.43 Å². The lowest BCUT2D eigenvalue weighted by Crippen LogP contribution is -2.26. The van der Waals surface area contributed by atoms with Crippen molar-refractivity contribution in [1.29, 1.82) is 0 Å². The molecule has 15 heavy (non-hydrogen) atoms. The molecule has 0 aliphatic carbocycles. The molecule has 0 saturated heterocycles. The summed E-state index contributed by atoms with van der Waals surface area (Å²) in [7, 11) is 0. The quantitative estimate of drug-likeness (QED) is 0.305. The molecule has 0 aromatic heterocycles. The van der Waals surface area contributed by atoms with Gasteiger partial charge in [0, 0.05) is 12.5 Å². The normalized spacial score (nSPS) is 11.7. The van der Waals surface area contributed by atoms with E-state index in [2.05, 4.69) is 17.5 Å². The van der Waals surface area contributed by atoms with Crippen molar-refractivity contribution in [3.8, 4) is 0 Å². The molecule has 0 atom stereocenters. The van der Waals surface area contributed by atoms with Gasteiger partial charge < -0.3 is 10.2 Å². The van der Waals surface area contributed by atoms with Gasteiger partial charge in [-0.15, -0.1) is 0 Å². The van der Waals surface area contributed by atoms with E-state index < -0.39 is 0 Å². The second kappa shape index (κ2) is 8.26. The Labute approximate surface area is 92.1 Å². The largest absolute Gasteiger partial charge is 0.461 e. The Balaban J connectivity index is 4.19. The lowest BCUT2D eigenvalue weighted by Gasteiger charge is -2.09. The number of hydrazone groups is 1. The van der Waals surface area contributed by atoms with Gasteiger partial charge in [0.25, 0.3) is 0 Å². The molecule has 0 spiro atoms.